The molecular formula is C22H30N3O3+. The van der Waals surface area contributed by atoms with Gasteiger partial charge in [0.15, 0.2) is 11.5 Å². The van der Waals surface area contributed by atoms with E-state index in [1.807, 2.05) is 30.3 Å². The number of methoxy groups -OCH3 is 2. The van der Waals surface area contributed by atoms with E-state index in [0.29, 0.717) is 11.6 Å². The van der Waals surface area contributed by atoms with Crippen LogP contribution in [0.2, 0.25) is 0 Å². The van der Waals surface area contributed by atoms with Gasteiger partial charge in [-0.2, -0.15) is 0 Å². The second-order valence-corrected chi connectivity index (χ2v) is 7.17. The molecule has 28 heavy (non-hydrogen) atoms. The molecular weight excluding hydrogens is 354 g/mol. The van der Waals surface area contributed by atoms with Crippen molar-refractivity contribution in [3.8, 4) is 11.5 Å². The summed E-state index contributed by atoms with van der Waals surface area (Å²) in [5.41, 5.74) is 1.82. The molecule has 150 valence electrons. The van der Waals surface area contributed by atoms with Crippen molar-refractivity contribution in [1.29, 1.82) is 0 Å². The maximum atomic E-state index is 12.4. The van der Waals surface area contributed by atoms with E-state index in [1.54, 1.807) is 20.4 Å². The van der Waals surface area contributed by atoms with Crippen molar-refractivity contribution in [2.45, 2.75) is 44.6 Å². The van der Waals surface area contributed by atoms with Gasteiger partial charge in [-0.25, -0.2) is 4.98 Å². The zero-order valence-corrected chi connectivity index (χ0v) is 16.7. The number of hydrogen-bond acceptors (Lipinski definition) is 4. The zero-order chi connectivity index (χ0) is 19.8. The Hall–Kier alpha value is -2.76. The van der Waals surface area contributed by atoms with Crippen LogP contribution in [-0.4, -0.2) is 32.7 Å². The van der Waals surface area contributed by atoms with Crippen molar-refractivity contribution >= 4 is 11.7 Å². The van der Waals surface area contributed by atoms with Crippen LogP contribution >= 0.6 is 0 Å². The smallest absolute Gasteiger partial charge is 0.272 e. The van der Waals surface area contributed by atoms with E-state index in [-0.39, 0.29) is 5.91 Å². The Kier molecular flexibility index (Phi) is 7.12. The van der Waals surface area contributed by atoms with Crippen LogP contribution in [0.4, 0.5) is 5.82 Å². The van der Waals surface area contributed by atoms with Crippen LogP contribution in [-0.2, 0) is 6.42 Å². The van der Waals surface area contributed by atoms with Gasteiger partial charge in [0.2, 0.25) is 0 Å². The first-order valence-electron chi connectivity index (χ1n) is 9.97. The second kappa shape index (κ2) is 9.97. The maximum Gasteiger partial charge on any atom is 0.272 e. The lowest BCUT2D eigenvalue weighted by Crippen LogP contribution is -2.36. The highest BCUT2D eigenvalue weighted by Gasteiger charge is 2.17. The Morgan fingerprint density at radius 2 is 1.86 bits per heavy atom. The molecule has 0 bridgehead atoms. The monoisotopic (exact) mass is 384 g/mol. The number of anilines is 1. The van der Waals surface area contributed by atoms with Crippen LogP contribution in [0.1, 0.15) is 48.0 Å². The van der Waals surface area contributed by atoms with Gasteiger partial charge in [0, 0.05) is 18.5 Å². The summed E-state index contributed by atoms with van der Waals surface area (Å²) in [6, 6.07) is 10.0. The minimum Gasteiger partial charge on any atom is -0.493 e. The fraction of sp³-hybridized carbons (Fsp3) is 0.455. The average Bonchev–Trinajstić information content (AvgIpc) is 2.74. The van der Waals surface area contributed by atoms with E-state index in [2.05, 4.69) is 15.6 Å². The van der Waals surface area contributed by atoms with Crippen LogP contribution in [0, 0.1) is 0 Å². The number of ether oxygens (including phenoxy) is 2. The first-order chi connectivity index (χ1) is 13.7. The van der Waals surface area contributed by atoms with Gasteiger partial charge in [-0.1, -0.05) is 25.3 Å². The molecule has 0 radical (unpaired) electrons. The number of rotatable bonds is 8. The topological polar surface area (TPSA) is 73.7 Å². The second-order valence-electron chi connectivity index (χ2n) is 7.17. The predicted octanol–water partition coefficient (Wildman–Crippen LogP) is 3.24. The number of benzene rings is 1. The molecule has 1 aromatic heterocycles. The number of nitrogens with one attached hydrogen (secondary N) is 3. The molecule has 3 rings (SSSR count). The average molecular weight is 385 g/mol. The number of amides is 1. The lowest BCUT2D eigenvalue weighted by molar-refractivity contribution is -0.361. The first-order valence-corrected chi connectivity index (χ1v) is 9.97. The molecule has 1 heterocycles. The van der Waals surface area contributed by atoms with Crippen molar-refractivity contribution in [2.24, 2.45) is 0 Å². The number of carbonyl (C=O) groups is 1. The summed E-state index contributed by atoms with van der Waals surface area (Å²) in [6.45, 7) is 0.763. The van der Waals surface area contributed by atoms with Gasteiger partial charge in [0.05, 0.1) is 26.3 Å². The highest BCUT2D eigenvalue weighted by Crippen LogP contribution is 2.27. The molecule has 1 aliphatic carbocycles. The fourth-order valence-corrected chi connectivity index (χ4v) is 3.57. The Bertz CT molecular complexity index is 771. The summed E-state index contributed by atoms with van der Waals surface area (Å²) >= 11 is 0. The van der Waals surface area contributed by atoms with E-state index >= 15 is 0 Å². The predicted molar refractivity (Wildman–Crippen MR) is 109 cm³/mol. The van der Waals surface area contributed by atoms with E-state index < -0.39 is 0 Å². The third-order valence-corrected chi connectivity index (χ3v) is 5.19. The Morgan fingerprint density at radius 3 is 2.54 bits per heavy atom. The first kappa shape index (κ1) is 20.0. The van der Waals surface area contributed by atoms with Crippen LogP contribution in [0.5, 0.6) is 11.5 Å². The standard InChI is InChI=1S/C22H29N3O3/c1-27-19-10-8-16(14-20(19)28-2)12-13-23-21-11-9-17(15-24-21)22(26)25-18-6-4-3-5-7-18/h8-11,14-15,18H,3-7,12-13H2,1-2H3,(H,23,24)(H,25,26)/p+1. The van der Waals surface area contributed by atoms with Gasteiger partial charge < -0.3 is 14.8 Å². The van der Waals surface area contributed by atoms with E-state index in [0.717, 1.165) is 48.7 Å². The highest BCUT2D eigenvalue weighted by molar-refractivity contribution is 5.93. The largest absolute Gasteiger partial charge is 0.493 e. The van der Waals surface area contributed by atoms with Gasteiger partial charge in [-0.3, -0.25) is 10.1 Å². The van der Waals surface area contributed by atoms with Gasteiger partial charge in [0.25, 0.3) is 11.7 Å². The number of aromatic amines is 1. The summed E-state index contributed by atoms with van der Waals surface area (Å²) in [7, 11) is 3.27. The lowest BCUT2D eigenvalue weighted by Gasteiger charge is -2.22. The normalized spacial score (nSPS) is 14.4. The summed E-state index contributed by atoms with van der Waals surface area (Å²) in [4.78, 5) is 15.5. The molecule has 1 fully saturated rings. The molecule has 0 atom stereocenters. The molecule has 3 N–H and O–H groups in total. The number of H-pyrrole nitrogens is 1. The Morgan fingerprint density at radius 1 is 1.07 bits per heavy atom. The maximum absolute atomic E-state index is 12.4. The Balaban J connectivity index is 1.48. The van der Waals surface area contributed by atoms with Gasteiger partial charge in [-0.05, 0) is 36.6 Å². The molecule has 1 aromatic carbocycles. The van der Waals surface area contributed by atoms with Crippen molar-refractivity contribution < 1.29 is 19.3 Å². The summed E-state index contributed by atoms with van der Waals surface area (Å²) in [5.74, 6) is 2.35. The van der Waals surface area contributed by atoms with Crippen molar-refractivity contribution in [2.75, 3.05) is 26.1 Å². The molecule has 0 saturated heterocycles. The number of hydrogen-bond donors (Lipinski definition) is 2. The van der Waals surface area contributed by atoms with Gasteiger partial charge in [-0.15, -0.1) is 0 Å². The number of pyridine rings is 1. The third kappa shape index (κ3) is 5.38. The minimum atomic E-state index is 0.0000258. The van der Waals surface area contributed by atoms with E-state index in [9.17, 15) is 4.79 Å². The third-order valence-electron chi connectivity index (χ3n) is 5.19. The molecule has 1 amide bonds. The lowest BCUT2D eigenvalue weighted by atomic mass is 9.95. The molecule has 1 aliphatic rings. The van der Waals surface area contributed by atoms with Gasteiger partial charge >= 0.3 is 0 Å². The SMILES string of the molecule is COc1ccc(CCNc2ccc(C(=O)NC3CCCCC3)c[nH+]2)cc1OC. The van der Waals surface area contributed by atoms with Gasteiger partial charge in [0.1, 0.15) is 6.20 Å². The van der Waals surface area contributed by atoms with Crippen molar-refractivity contribution in [3.05, 3.63) is 47.7 Å². The fourth-order valence-electron chi connectivity index (χ4n) is 3.57. The summed E-state index contributed by atoms with van der Waals surface area (Å²) < 4.78 is 10.6. The van der Waals surface area contributed by atoms with Crippen molar-refractivity contribution in [3.63, 3.8) is 0 Å². The summed E-state index contributed by atoms with van der Waals surface area (Å²) in [5, 5.41) is 6.49. The van der Waals surface area contributed by atoms with Crippen LogP contribution in [0.25, 0.3) is 0 Å². The van der Waals surface area contributed by atoms with Crippen molar-refractivity contribution in [1.82, 2.24) is 5.32 Å². The molecule has 1 saturated carbocycles. The molecule has 6 nitrogen and oxygen atoms in total. The zero-order valence-electron chi connectivity index (χ0n) is 16.7. The van der Waals surface area contributed by atoms with E-state index in [1.165, 1.54) is 19.3 Å². The molecule has 6 heteroatoms. The highest BCUT2D eigenvalue weighted by atomic mass is 16.5. The van der Waals surface area contributed by atoms with Crippen LogP contribution in [0.15, 0.2) is 36.5 Å². The molecule has 0 unspecified atom stereocenters. The minimum absolute atomic E-state index is 0.0000258. The molecule has 0 spiro atoms. The number of aromatic nitrogens is 1. The Labute approximate surface area is 166 Å². The van der Waals surface area contributed by atoms with Crippen LogP contribution < -0.4 is 25.1 Å². The van der Waals surface area contributed by atoms with Crippen LogP contribution in [0.3, 0.4) is 0 Å². The molecule has 0 aliphatic heterocycles. The molecule has 2 aromatic rings. The van der Waals surface area contributed by atoms with E-state index in [4.69, 9.17) is 9.47 Å². The summed E-state index contributed by atoms with van der Waals surface area (Å²) in [6.07, 6.45) is 8.48. The number of carbonyl (C=O) groups excluding carboxylic acids is 1. The quantitative estimate of drug-likeness (QED) is 0.733.